The van der Waals surface area contributed by atoms with Gasteiger partial charge in [0.1, 0.15) is 5.56 Å². The van der Waals surface area contributed by atoms with Crippen LogP contribution in [0.25, 0.3) is 0 Å². The summed E-state index contributed by atoms with van der Waals surface area (Å²) in [4.78, 5) is 11.2. The van der Waals surface area contributed by atoms with Crippen molar-refractivity contribution in [3.63, 3.8) is 0 Å². The van der Waals surface area contributed by atoms with Gasteiger partial charge >= 0.3 is 17.8 Å². The predicted molar refractivity (Wildman–Crippen MR) is 44.8 cm³/mol. The molecule has 4 nitrogen and oxygen atoms in total. The molecular formula is C9H9F3NO3+. The molecule has 88 valence electrons. The maximum absolute atomic E-state index is 12.5. The molecule has 0 amide bonds. The van der Waals surface area contributed by atoms with Gasteiger partial charge in [0, 0.05) is 10.8 Å². The lowest BCUT2D eigenvalue weighted by Gasteiger charge is -2.06. The molecule has 1 aromatic heterocycles. The summed E-state index contributed by atoms with van der Waals surface area (Å²) in [6, 6.07) is 2.05. The first-order valence-electron chi connectivity index (χ1n) is 4.36. The van der Waals surface area contributed by atoms with E-state index in [0.717, 1.165) is 18.3 Å². The van der Waals surface area contributed by atoms with Crippen molar-refractivity contribution in [1.82, 2.24) is 0 Å². The van der Waals surface area contributed by atoms with Crippen LogP contribution in [0.5, 0.6) is 0 Å². The van der Waals surface area contributed by atoms with Gasteiger partial charge in [0.25, 0.3) is 0 Å². The predicted octanol–water partition coefficient (Wildman–Crippen LogP) is 1.41. The van der Waals surface area contributed by atoms with E-state index in [9.17, 15) is 18.0 Å². The van der Waals surface area contributed by atoms with E-state index in [1.54, 1.807) is 0 Å². The number of nitrogens with zero attached hydrogens (tertiary/aromatic N) is 1. The van der Waals surface area contributed by atoms with Gasteiger partial charge in [-0.1, -0.05) is 0 Å². The lowest BCUT2D eigenvalue weighted by Crippen LogP contribution is -2.41. The van der Waals surface area contributed by atoms with Crippen LogP contribution >= 0.6 is 0 Å². The van der Waals surface area contributed by atoms with E-state index in [0.29, 0.717) is 0 Å². The van der Waals surface area contributed by atoms with Crippen LogP contribution in [0.3, 0.4) is 0 Å². The number of carbonyl (C=O) groups is 1. The average Bonchev–Trinajstić information content (AvgIpc) is 2.15. The van der Waals surface area contributed by atoms with E-state index < -0.39 is 23.4 Å². The number of pyridine rings is 1. The van der Waals surface area contributed by atoms with Crippen LogP contribution < -0.4 is 4.73 Å². The number of carbonyl (C=O) groups excluding carboxylic acids is 1. The first-order chi connectivity index (χ1) is 7.38. The van der Waals surface area contributed by atoms with Crippen LogP contribution in [0.15, 0.2) is 18.3 Å². The summed E-state index contributed by atoms with van der Waals surface area (Å²) in [6.45, 7) is 1.43. The van der Waals surface area contributed by atoms with Crippen molar-refractivity contribution in [3.8, 4) is 0 Å². The van der Waals surface area contributed by atoms with Gasteiger partial charge in [-0.3, -0.25) is 5.21 Å². The minimum atomic E-state index is -4.84. The third-order valence-electron chi connectivity index (χ3n) is 1.74. The van der Waals surface area contributed by atoms with Gasteiger partial charge in [0.05, 0.1) is 6.61 Å². The fourth-order valence-corrected chi connectivity index (χ4v) is 1.15. The molecule has 0 aliphatic rings. The summed E-state index contributed by atoms with van der Waals surface area (Å²) < 4.78 is 41.9. The molecule has 0 aliphatic heterocycles. The molecule has 0 aliphatic carbocycles. The molecule has 16 heavy (non-hydrogen) atoms. The van der Waals surface area contributed by atoms with Gasteiger partial charge < -0.3 is 4.74 Å². The van der Waals surface area contributed by atoms with Crippen LogP contribution in [0.1, 0.15) is 23.0 Å². The summed E-state index contributed by atoms with van der Waals surface area (Å²) in [5, 5.41) is 9.03. The Morgan fingerprint density at radius 3 is 2.69 bits per heavy atom. The van der Waals surface area contributed by atoms with E-state index in [1.807, 2.05) is 0 Å². The molecule has 0 saturated heterocycles. The third kappa shape index (κ3) is 2.41. The molecule has 1 rings (SSSR count). The largest absolute Gasteiger partial charge is 0.483 e. The molecule has 1 aromatic rings. The fraction of sp³-hybridized carbons (Fsp3) is 0.333. The van der Waals surface area contributed by atoms with Crippen LogP contribution in [0, 0.1) is 0 Å². The first-order valence-corrected chi connectivity index (χ1v) is 4.36. The highest BCUT2D eigenvalue weighted by Crippen LogP contribution is 2.29. The zero-order valence-corrected chi connectivity index (χ0v) is 8.28. The third-order valence-corrected chi connectivity index (χ3v) is 1.74. The van der Waals surface area contributed by atoms with Gasteiger partial charge in [0.2, 0.25) is 6.20 Å². The second-order valence-corrected chi connectivity index (χ2v) is 2.83. The minimum absolute atomic E-state index is 0.0452. The average molecular weight is 236 g/mol. The number of aromatic nitrogens is 1. The second-order valence-electron chi connectivity index (χ2n) is 2.83. The monoisotopic (exact) mass is 236 g/mol. The molecular weight excluding hydrogens is 227 g/mol. The van der Waals surface area contributed by atoms with Crippen molar-refractivity contribution in [2.24, 2.45) is 0 Å². The van der Waals surface area contributed by atoms with Gasteiger partial charge in [-0.25, -0.2) is 4.79 Å². The SMILES string of the molecule is CCOC(=O)c1ccc[n+](O)c1C(F)(F)F. The highest BCUT2D eigenvalue weighted by Gasteiger charge is 2.47. The number of esters is 1. The molecule has 0 spiro atoms. The van der Waals surface area contributed by atoms with E-state index in [1.165, 1.54) is 6.92 Å². The molecule has 0 saturated carbocycles. The first kappa shape index (κ1) is 12.3. The highest BCUT2D eigenvalue weighted by molar-refractivity contribution is 5.90. The Balaban J connectivity index is 3.29. The number of hydrogen-bond donors (Lipinski definition) is 1. The Hall–Kier alpha value is -1.79. The molecule has 0 radical (unpaired) electrons. The van der Waals surface area contributed by atoms with E-state index >= 15 is 0 Å². The summed E-state index contributed by atoms with van der Waals surface area (Å²) in [6.07, 6.45) is -4.05. The van der Waals surface area contributed by atoms with Crippen LogP contribution in [-0.2, 0) is 10.9 Å². The number of rotatable bonds is 2. The van der Waals surface area contributed by atoms with Crippen molar-refractivity contribution in [3.05, 3.63) is 29.6 Å². The van der Waals surface area contributed by atoms with Crippen molar-refractivity contribution < 1.29 is 32.6 Å². The summed E-state index contributed by atoms with van der Waals surface area (Å²) in [5.74, 6) is -1.13. The smallest absolute Gasteiger partial charge is 0.462 e. The molecule has 0 unspecified atom stereocenters. The zero-order chi connectivity index (χ0) is 12.3. The van der Waals surface area contributed by atoms with Crippen molar-refractivity contribution in [2.45, 2.75) is 13.1 Å². The standard InChI is InChI=1S/C9H9F3NO3/c1-2-16-8(14)6-4-3-5-13(15)7(6)9(10,11)12/h3-5,15H,2H2,1H3/q+1. The van der Waals surface area contributed by atoms with Gasteiger partial charge in [-0.05, 0) is 13.0 Å². The van der Waals surface area contributed by atoms with Crippen LogP contribution in [-0.4, -0.2) is 17.8 Å². The van der Waals surface area contributed by atoms with Crippen molar-refractivity contribution >= 4 is 5.97 Å². The molecule has 0 aromatic carbocycles. The van der Waals surface area contributed by atoms with Crippen LogP contribution in [0.2, 0.25) is 0 Å². The number of alkyl halides is 3. The number of halogens is 3. The zero-order valence-electron chi connectivity index (χ0n) is 8.28. The molecule has 1 heterocycles. The maximum Gasteiger partial charge on any atom is 0.483 e. The lowest BCUT2D eigenvalue weighted by molar-refractivity contribution is -0.915. The molecule has 0 bridgehead atoms. The number of ether oxygens (including phenoxy) is 1. The Morgan fingerprint density at radius 2 is 2.19 bits per heavy atom. The van der Waals surface area contributed by atoms with Gasteiger partial charge in [-0.2, -0.15) is 13.2 Å². The molecule has 7 heteroatoms. The Morgan fingerprint density at radius 1 is 1.56 bits per heavy atom. The van der Waals surface area contributed by atoms with E-state index in [2.05, 4.69) is 4.74 Å². The van der Waals surface area contributed by atoms with Crippen LogP contribution in [0.4, 0.5) is 13.2 Å². The topological polar surface area (TPSA) is 50.4 Å². The summed E-state index contributed by atoms with van der Waals surface area (Å²) >= 11 is 0. The quantitative estimate of drug-likeness (QED) is 0.480. The Labute approximate surface area is 88.8 Å². The van der Waals surface area contributed by atoms with Gasteiger partial charge in [-0.15, -0.1) is 0 Å². The van der Waals surface area contributed by atoms with E-state index in [4.69, 9.17) is 5.21 Å². The molecule has 1 N–H and O–H groups in total. The van der Waals surface area contributed by atoms with Crippen molar-refractivity contribution in [1.29, 1.82) is 0 Å². The maximum atomic E-state index is 12.5. The minimum Gasteiger partial charge on any atom is -0.462 e. The normalized spacial score (nSPS) is 11.2. The van der Waals surface area contributed by atoms with E-state index in [-0.39, 0.29) is 11.3 Å². The van der Waals surface area contributed by atoms with Gasteiger partial charge in [0.15, 0.2) is 0 Å². The fourth-order valence-electron chi connectivity index (χ4n) is 1.15. The Bertz CT molecular complexity index is 403. The lowest BCUT2D eigenvalue weighted by atomic mass is 10.2. The summed E-state index contributed by atoms with van der Waals surface area (Å²) in [5.41, 5.74) is -2.17. The van der Waals surface area contributed by atoms with Crippen molar-refractivity contribution in [2.75, 3.05) is 6.61 Å². The molecule has 0 fully saturated rings. The molecule has 0 atom stereocenters. The number of hydrogen-bond acceptors (Lipinski definition) is 3. The highest BCUT2D eigenvalue weighted by atomic mass is 19.4. The summed E-state index contributed by atoms with van der Waals surface area (Å²) in [7, 11) is 0. The second kappa shape index (κ2) is 4.38. The Kier molecular flexibility index (Phi) is 3.36.